The van der Waals surface area contributed by atoms with E-state index in [4.69, 9.17) is 18.9 Å². The van der Waals surface area contributed by atoms with Crippen LogP contribution in [0.25, 0.3) is 0 Å². The van der Waals surface area contributed by atoms with E-state index in [1.54, 1.807) is 11.8 Å². The van der Waals surface area contributed by atoms with Crippen LogP contribution in [0.1, 0.15) is 11.9 Å². The average molecular weight is 374 g/mol. The molecule has 2 aromatic rings. The standard InChI is InChI=1S/C20H22O5S/c1-22-20-16(21)18(26-14-10-6-3-7-11-14)17-15(24-20)12-23-19(25-17)13-8-4-2-5-9-13/h2-11,15-21H,12H2,1H3/t15-,16-,17-,18-,19?,20-/m1/s1. The second-order valence-corrected chi connectivity index (χ2v) is 7.59. The molecule has 6 heteroatoms. The van der Waals surface area contributed by atoms with Gasteiger partial charge < -0.3 is 24.1 Å². The van der Waals surface area contributed by atoms with E-state index < -0.39 is 18.7 Å². The van der Waals surface area contributed by atoms with Gasteiger partial charge in [-0.25, -0.2) is 0 Å². The Morgan fingerprint density at radius 3 is 2.38 bits per heavy atom. The number of benzene rings is 2. The summed E-state index contributed by atoms with van der Waals surface area (Å²) < 4.78 is 23.3. The summed E-state index contributed by atoms with van der Waals surface area (Å²) in [5.41, 5.74) is 0.956. The minimum atomic E-state index is -0.805. The van der Waals surface area contributed by atoms with Crippen LogP contribution in [0.2, 0.25) is 0 Å². The summed E-state index contributed by atoms with van der Waals surface area (Å²) in [6.45, 7) is 0.392. The van der Waals surface area contributed by atoms with Gasteiger partial charge in [-0.05, 0) is 12.1 Å². The molecule has 0 amide bonds. The molecule has 0 bridgehead atoms. The molecule has 2 heterocycles. The molecule has 2 saturated heterocycles. The van der Waals surface area contributed by atoms with E-state index in [2.05, 4.69) is 0 Å². The first-order chi connectivity index (χ1) is 12.8. The molecule has 2 aromatic carbocycles. The predicted octanol–water partition coefficient (Wildman–Crippen LogP) is 2.99. The highest BCUT2D eigenvalue weighted by Crippen LogP contribution is 2.41. The lowest BCUT2D eigenvalue weighted by Gasteiger charge is -2.47. The van der Waals surface area contributed by atoms with Crippen molar-refractivity contribution in [3.63, 3.8) is 0 Å². The zero-order chi connectivity index (χ0) is 17.9. The van der Waals surface area contributed by atoms with Gasteiger partial charge in [0, 0.05) is 17.6 Å². The van der Waals surface area contributed by atoms with E-state index in [-0.39, 0.29) is 17.5 Å². The normalized spacial score (nSPS) is 34.2. The highest BCUT2D eigenvalue weighted by Gasteiger charge is 2.50. The molecular weight excluding hydrogens is 352 g/mol. The Balaban J connectivity index is 1.58. The monoisotopic (exact) mass is 374 g/mol. The molecule has 26 heavy (non-hydrogen) atoms. The van der Waals surface area contributed by atoms with E-state index in [1.807, 2.05) is 60.7 Å². The van der Waals surface area contributed by atoms with Crippen molar-refractivity contribution < 1.29 is 24.1 Å². The fourth-order valence-electron chi connectivity index (χ4n) is 3.33. The fraction of sp³-hybridized carbons (Fsp3) is 0.400. The Morgan fingerprint density at radius 2 is 1.69 bits per heavy atom. The zero-order valence-corrected chi connectivity index (χ0v) is 15.2. The molecule has 2 fully saturated rings. The van der Waals surface area contributed by atoms with Crippen molar-refractivity contribution in [1.82, 2.24) is 0 Å². The minimum Gasteiger partial charge on any atom is -0.387 e. The Morgan fingerprint density at radius 1 is 1.00 bits per heavy atom. The van der Waals surface area contributed by atoms with Crippen molar-refractivity contribution in [3.8, 4) is 0 Å². The molecule has 0 saturated carbocycles. The maximum Gasteiger partial charge on any atom is 0.184 e. The molecule has 4 rings (SSSR count). The van der Waals surface area contributed by atoms with Crippen LogP contribution in [0.15, 0.2) is 65.6 Å². The van der Waals surface area contributed by atoms with Crippen molar-refractivity contribution in [3.05, 3.63) is 66.2 Å². The quantitative estimate of drug-likeness (QED) is 0.888. The molecule has 1 unspecified atom stereocenters. The number of hydrogen-bond donors (Lipinski definition) is 1. The lowest BCUT2D eigenvalue weighted by molar-refractivity contribution is -0.330. The largest absolute Gasteiger partial charge is 0.387 e. The van der Waals surface area contributed by atoms with Gasteiger partial charge in [-0.15, -0.1) is 11.8 Å². The lowest BCUT2D eigenvalue weighted by Crippen LogP contribution is -2.60. The maximum absolute atomic E-state index is 10.8. The molecule has 2 aliphatic heterocycles. The summed E-state index contributed by atoms with van der Waals surface area (Å²) >= 11 is 1.58. The van der Waals surface area contributed by atoms with Crippen LogP contribution >= 0.6 is 11.8 Å². The third-order valence-corrected chi connectivity index (χ3v) is 5.99. The Labute approximate surface area is 157 Å². The summed E-state index contributed by atoms with van der Waals surface area (Å²) in [6, 6.07) is 19.8. The summed E-state index contributed by atoms with van der Waals surface area (Å²) in [5.74, 6) is 0. The highest BCUT2D eigenvalue weighted by molar-refractivity contribution is 8.00. The van der Waals surface area contributed by atoms with Crippen LogP contribution in [0, 0.1) is 0 Å². The van der Waals surface area contributed by atoms with E-state index in [9.17, 15) is 5.11 Å². The number of hydrogen-bond acceptors (Lipinski definition) is 6. The maximum atomic E-state index is 10.8. The van der Waals surface area contributed by atoms with Gasteiger partial charge in [0.2, 0.25) is 0 Å². The molecule has 138 valence electrons. The predicted molar refractivity (Wildman–Crippen MR) is 97.8 cm³/mol. The van der Waals surface area contributed by atoms with E-state index in [0.29, 0.717) is 6.61 Å². The molecule has 0 aliphatic carbocycles. The minimum absolute atomic E-state index is 0.226. The van der Waals surface area contributed by atoms with Crippen LogP contribution in [0.3, 0.4) is 0 Å². The average Bonchev–Trinajstić information content (AvgIpc) is 2.71. The Bertz CT molecular complexity index is 698. The second kappa shape index (κ2) is 8.08. The third-order valence-electron chi connectivity index (χ3n) is 4.63. The van der Waals surface area contributed by atoms with Gasteiger partial charge in [-0.3, -0.25) is 0 Å². The van der Waals surface area contributed by atoms with E-state index in [1.165, 1.54) is 7.11 Å². The van der Waals surface area contributed by atoms with Gasteiger partial charge in [-0.1, -0.05) is 48.5 Å². The van der Waals surface area contributed by atoms with Gasteiger partial charge in [0.1, 0.15) is 18.3 Å². The van der Waals surface area contributed by atoms with Crippen molar-refractivity contribution in [2.45, 2.75) is 41.0 Å². The number of ether oxygens (including phenoxy) is 4. The van der Waals surface area contributed by atoms with Crippen LogP contribution < -0.4 is 0 Å². The van der Waals surface area contributed by atoms with Gasteiger partial charge in [-0.2, -0.15) is 0 Å². The molecular formula is C20H22O5S. The number of methoxy groups -OCH3 is 1. The molecule has 0 spiro atoms. The summed E-state index contributed by atoms with van der Waals surface area (Å²) in [7, 11) is 1.54. The molecule has 1 N–H and O–H groups in total. The second-order valence-electron chi connectivity index (χ2n) is 6.34. The molecule has 5 nitrogen and oxygen atoms in total. The first-order valence-corrected chi connectivity index (χ1v) is 9.54. The summed E-state index contributed by atoms with van der Waals surface area (Å²) in [6.07, 6.45) is -2.56. The number of rotatable bonds is 4. The van der Waals surface area contributed by atoms with Gasteiger partial charge >= 0.3 is 0 Å². The zero-order valence-electron chi connectivity index (χ0n) is 14.4. The molecule has 6 atom stereocenters. The SMILES string of the molecule is CO[C@@H]1O[C@@H]2COC(c3ccccc3)O[C@H]2[C@H](Sc2ccccc2)[C@H]1O. The third kappa shape index (κ3) is 3.67. The summed E-state index contributed by atoms with van der Waals surface area (Å²) in [5, 5.41) is 10.6. The Kier molecular flexibility index (Phi) is 5.59. The topological polar surface area (TPSA) is 57.2 Å². The van der Waals surface area contributed by atoms with E-state index >= 15 is 0 Å². The van der Waals surface area contributed by atoms with Gasteiger partial charge in [0.15, 0.2) is 12.6 Å². The smallest absolute Gasteiger partial charge is 0.184 e. The number of aliphatic hydroxyl groups is 1. The van der Waals surface area contributed by atoms with Crippen LogP contribution in [0.4, 0.5) is 0 Å². The Hall–Kier alpha value is -1.41. The summed E-state index contributed by atoms with van der Waals surface area (Å²) in [4.78, 5) is 1.07. The number of thioether (sulfide) groups is 1. The van der Waals surface area contributed by atoms with Crippen molar-refractivity contribution in [1.29, 1.82) is 0 Å². The molecule has 0 radical (unpaired) electrons. The lowest BCUT2D eigenvalue weighted by atomic mass is 10.0. The van der Waals surface area contributed by atoms with Crippen LogP contribution in [-0.2, 0) is 18.9 Å². The van der Waals surface area contributed by atoms with Gasteiger partial charge in [0.25, 0.3) is 0 Å². The first-order valence-electron chi connectivity index (χ1n) is 8.66. The highest BCUT2D eigenvalue weighted by atomic mass is 32.2. The number of fused-ring (bicyclic) bond motifs is 1. The van der Waals surface area contributed by atoms with Crippen molar-refractivity contribution in [2.24, 2.45) is 0 Å². The molecule has 0 aromatic heterocycles. The van der Waals surface area contributed by atoms with E-state index in [0.717, 1.165) is 10.5 Å². The first kappa shape index (κ1) is 18.0. The van der Waals surface area contributed by atoms with Crippen molar-refractivity contribution in [2.75, 3.05) is 13.7 Å². The van der Waals surface area contributed by atoms with Crippen LogP contribution in [0.5, 0.6) is 0 Å². The fourth-order valence-corrected chi connectivity index (χ4v) is 4.60. The van der Waals surface area contributed by atoms with Crippen LogP contribution in [-0.4, -0.2) is 48.7 Å². The van der Waals surface area contributed by atoms with Gasteiger partial charge in [0.05, 0.1) is 11.9 Å². The van der Waals surface area contributed by atoms with Crippen molar-refractivity contribution >= 4 is 11.8 Å². The molecule has 2 aliphatic rings. The number of aliphatic hydroxyl groups excluding tert-OH is 1.